The number of methoxy groups -OCH3 is 1. The lowest BCUT2D eigenvalue weighted by Gasteiger charge is -2.33. The van der Waals surface area contributed by atoms with Gasteiger partial charge >= 0.3 is 5.97 Å². The fourth-order valence-electron chi connectivity index (χ4n) is 2.21. The Balaban J connectivity index is 2.07. The van der Waals surface area contributed by atoms with Crippen molar-refractivity contribution in [1.82, 2.24) is 5.32 Å². The summed E-state index contributed by atoms with van der Waals surface area (Å²) in [5.74, 6) is 0.224. The van der Waals surface area contributed by atoms with Crippen molar-refractivity contribution in [3.05, 3.63) is 0 Å². The highest BCUT2D eigenvalue weighted by Gasteiger charge is 2.54. The van der Waals surface area contributed by atoms with Gasteiger partial charge in [0.1, 0.15) is 5.54 Å². The van der Waals surface area contributed by atoms with Gasteiger partial charge in [-0.3, -0.25) is 5.32 Å². The summed E-state index contributed by atoms with van der Waals surface area (Å²) in [6.45, 7) is 4.41. The van der Waals surface area contributed by atoms with Crippen molar-refractivity contribution in [2.45, 2.75) is 57.2 Å². The molecule has 0 bridgehead atoms. The second-order valence-corrected chi connectivity index (χ2v) is 5.52. The van der Waals surface area contributed by atoms with E-state index in [2.05, 4.69) is 5.32 Å². The number of nitrogens with one attached hydrogen (secondary N) is 1. The Morgan fingerprint density at radius 1 is 1.35 bits per heavy atom. The van der Waals surface area contributed by atoms with E-state index in [0.717, 1.165) is 25.7 Å². The van der Waals surface area contributed by atoms with E-state index in [0.29, 0.717) is 18.6 Å². The Labute approximate surface area is 103 Å². The van der Waals surface area contributed by atoms with E-state index in [1.807, 2.05) is 13.8 Å². The van der Waals surface area contributed by atoms with Gasteiger partial charge in [-0.05, 0) is 45.4 Å². The van der Waals surface area contributed by atoms with E-state index in [9.17, 15) is 4.79 Å². The zero-order valence-corrected chi connectivity index (χ0v) is 11.0. The lowest BCUT2D eigenvalue weighted by atomic mass is 9.93. The first-order chi connectivity index (χ1) is 8.08. The average Bonchev–Trinajstić information content (AvgIpc) is 3.14. The van der Waals surface area contributed by atoms with Crippen LogP contribution in [0.1, 0.15) is 39.5 Å². The molecule has 1 atom stereocenters. The molecule has 2 rings (SSSR count). The van der Waals surface area contributed by atoms with E-state index in [1.54, 1.807) is 0 Å². The van der Waals surface area contributed by atoms with E-state index in [-0.39, 0.29) is 12.1 Å². The van der Waals surface area contributed by atoms with Gasteiger partial charge in [0.15, 0.2) is 0 Å². The second kappa shape index (κ2) is 4.94. The van der Waals surface area contributed by atoms with Crippen LogP contribution in [0.3, 0.4) is 0 Å². The highest BCUT2D eigenvalue weighted by atomic mass is 16.5. The molecule has 4 nitrogen and oxygen atoms in total. The second-order valence-electron chi connectivity index (χ2n) is 5.52. The van der Waals surface area contributed by atoms with Crippen LogP contribution in [0.4, 0.5) is 0 Å². The lowest BCUT2D eigenvalue weighted by molar-refractivity contribution is -0.154. The van der Waals surface area contributed by atoms with Crippen molar-refractivity contribution in [1.29, 1.82) is 0 Å². The molecule has 2 aliphatic carbocycles. The minimum absolute atomic E-state index is 0.138. The highest BCUT2D eigenvalue weighted by Crippen LogP contribution is 2.42. The Kier molecular flexibility index (Phi) is 3.73. The van der Waals surface area contributed by atoms with Gasteiger partial charge in [-0.1, -0.05) is 0 Å². The maximum atomic E-state index is 12.1. The van der Waals surface area contributed by atoms with Gasteiger partial charge in [0, 0.05) is 6.04 Å². The Morgan fingerprint density at radius 3 is 2.41 bits per heavy atom. The summed E-state index contributed by atoms with van der Waals surface area (Å²) in [7, 11) is 1.46. The monoisotopic (exact) mass is 241 g/mol. The van der Waals surface area contributed by atoms with Gasteiger partial charge in [0.25, 0.3) is 0 Å². The van der Waals surface area contributed by atoms with Crippen molar-refractivity contribution in [2.75, 3.05) is 13.7 Å². The molecule has 2 fully saturated rings. The van der Waals surface area contributed by atoms with Gasteiger partial charge in [-0.25, -0.2) is 4.79 Å². The van der Waals surface area contributed by atoms with Crippen molar-refractivity contribution in [2.24, 2.45) is 5.92 Å². The zero-order chi connectivity index (χ0) is 12.5. The molecule has 0 radical (unpaired) electrons. The van der Waals surface area contributed by atoms with E-state index < -0.39 is 5.54 Å². The third kappa shape index (κ3) is 2.99. The zero-order valence-electron chi connectivity index (χ0n) is 11.0. The third-order valence-corrected chi connectivity index (χ3v) is 3.51. The van der Waals surface area contributed by atoms with E-state index in [1.165, 1.54) is 7.11 Å². The quantitative estimate of drug-likeness (QED) is 0.686. The van der Waals surface area contributed by atoms with Crippen LogP contribution in [0.15, 0.2) is 0 Å². The van der Waals surface area contributed by atoms with Crippen molar-refractivity contribution < 1.29 is 14.3 Å². The molecule has 0 amide bonds. The number of carbonyl (C=O) groups excluding carboxylic acids is 1. The highest BCUT2D eigenvalue weighted by molar-refractivity contribution is 5.82. The molecule has 0 aromatic heterocycles. The number of hydrogen-bond acceptors (Lipinski definition) is 4. The van der Waals surface area contributed by atoms with Crippen LogP contribution in [0, 0.1) is 5.92 Å². The fourth-order valence-corrected chi connectivity index (χ4v) is 2.21. The third-order valence-electron chi connectivity index (χ3n) is 3.51. The van der Waals surface area contributed by atoms with E-state index >= 15 is 0 Å². The maximum Gasteiger partial charge on any atom is 0.328 e. The van der Waals surface area contributed by atoms with Crippen LogP contribution in [0.5, 0.6) is 0 Å². The minimum atomic E-state index is -0.597. The Hall–Kier alpha value is -0.610. The fraction of sp³-hybridized carbons (Fsp3) is 0.923. The first-order valence-electron chi connectivity index (χ1n) is 6.56. The van der Waals surface area contributed by atoms with Gasteiger partial charge < -0.3 is 9.47 Å². The first kappa shape index (κ1) is 12.8. The molecule has 1 unspecified atom stereocenters. The maximum absolute atomic E-state index is 12.1. The van der Waals surface area contributed by atoms with Gasteiger partial charge in [-0.15, -0.1) is 0 Å². The van der Waals surface area contributed by atoms with Crippen molar-refractivity contribution >= 4 is 5.97 Å². The molecule has 0 spiro atoms. The van der Waals surface area contributed by atoms with Crippen LogP contribution in [0.2, 0.25) is 0 Å². The predicted octanol–water partition coefficient (Wildman–Crippen LogP) is 1.49. The van der Waals surface area contributed by atoms with E-state index in [4.69, 9.17) is 9.47 Å². The molecule has 4 heteroatoms. The molecular weight excluding hydrogens is 218 g/mol. The van der Waals surface area contributed by atoms with Crippen LogP contribution in [-0.2, 0) is 14.3 Å². The van der Waals surface area contributed by atoms with Crippen LogP contribution >= 0.6 is 0 Å². The Bertz CT molecular complexity index is 284. The summed E-state index contributed by atoms with van der Waals surface area (Å²) >= 11 is 0. The molecular formula is C13H23NO3. The molecule has 0 heterocycles. The van der Waals surface area contributed by atoms with Gasteiger partial charge in [-0.2, -0.15) is 0 Å². The van der Waals surface area contributed by atoms with Crippen molar-refractivity contribution in [3.63, 3.8) is 0 Å². The summed E-state index contributed by atoms with van der Waals surface area (Å²) in [6.07, 6.45) is 4.64. The number of rotatable bonds is 7. The first-order valence-corrected chi connectivity index (χ1v) is 6.56. The topological polar surface area (TPSA) is 47.6 Å². The average molecular weight is 241 g/mol. The molecule has 0 aliphatic heterocycles. The van der Waals surface area contributed by atoms with Crippen LogP contribution in [-0.4, -0.2) is 37.4 Å². The largest absolute Gasteiger partial charge is 0.468 e. The lowest BCUT2D eigenvalue weighted by Crippen LogP contribution is -2.59. The summed E-state index contributed by atoms with van der Waals surface area (Å²) in [5.41, 5.74) is -0.597. The molecule has 0 aromatic rings. The van der Waals surface area contributed by atoms with Crippen LogP contribution in [0.25, 0.3) is 0 Å². The smallest absolute Gasteiger partial charge is 0.328 e. The standard InChI is InChI=1S/C13H23NO3/c1-9(2)17-8-13(10-4-5-10,12(15)16-3)14-11-6-7-11/h9-11,14H,4-8H2,1-3H3. The summed E-state index contributed by atoms with van der Waals surface area (Å²) in [6, 6.07) is 0.477. The minimum Gasteiger partial charge on any atom is -0.468 e. The summed E-state index contributed by atoms with van der Waals surface area (Å²) in [5, 5.41) is 3.47. The van der Waals surface area contributed by atoms with Gasteiger partial charge in [0.2, 0.25) is 0 Å². The summed E-state index contributed by atoms with van der Waals surface area (Å²) < 4.78 is 10.7. The molecule has 0 saturated heterocycles. The number of ether oxygens (including phenoxy) is 2. The van der Waals surface area contributed by atoms with Crippen molar-refractivity contribution in [3.8, 4) is 0 Å². The number of esters is 1. The van der Waals surface area contributed by atoms with Crippen LogP contribution < -0.4 is 5.32 Å². The Morgan fingerprint density at radius 2 is 2.00 bits per heavy atom. The molecule has 2 aliphatic rings. The molecule has 17 heavy (non-hydrogen) atoms. The molecule has 98 valence electrons. The SMILES string of the molecule is COC(=O)C(COC(C)C)(NC1CC1)C1CC1. The predicted molar refractivity (Wildman–Crippen MR) is 64.7 cm³/mol. The summed E-state index contributed by atoms with van der Waals surface area (Å²) in [4.78, 5) is 12.1. The number of hydrogen-bond donors (Lipinski definition) is 1. The van der Waals surface area contributed by atoms with Gasteiger partial charge in [0.05, 0.1) is 19.8 Å². The molecule has 2 saturated carbocycles. The normalized spacial score (nSPS) is 23.5. The molecule has 1 N–H and O–H groups in total. The molecule has 0 aromatic carbocycles. The number of carbonyl (C=O) groups is 1.